The smallest absolute Gasteiger partial charge is 0.186 e. The van der Waals surface area contributed by atoms with E-state index in [2.05, 4.69) is 0 Å². The van der Waals surface area contributed by atoms with Crippen LogP contribution in [-0.4, -0.2) is 80.0 Å². The second-order valence-corrected chi connectivity index (χ2v) is 7.78. The molecule has 2 fully saturated rings. The summed E-state index contributed by atoms with van der Waals surface area (Å²) in [7, 11) is 0. The molecule has 8 nitrogen and oxygen atoms in total. The molecule has 2 aliphatic heterocycles. The monoisotopic (exact) mass is 334 g/mol. The maximum atomic E-state index is 12.3. The summed E-state index contributed by atoms with van der Waals surface area (Å²) in [6.07, 6.45) is -5.95. The van der Waals surface area contributed by atoms with Gasteiger partial charge in [0.05, 0.1) is 12.7 Å². The summed E-state index contributed by atoms with van der Waals surface area (Å²) < 4.78 is 11.2. The first-order valence-corrected chi connectivity index (χ1v) is 7.93. The first-order valence-electron chi connectivity index (χ1n) is 7.93. The SMILES string of the molecule is CC1(C)CC(O[C@@H]2O[C@H](CO)[C@H](O)[C@H](O)[C@H]2O)CC(C)(C)N1[O]. The summed E-state index contributed by atoms with van der Waals surface area (Å²) in [5.74, 6) is 0. The molecule has 0 bridgehead atoms. The average Bonchev–Trinajstić information content (AvgIpc) is 2.44. The number of hydroxylamine groups is 2. The molecular formula is C15H28NO7. The third kappa shape index (κ3) is 3.69. The van der Waals surface area contributed by atoms with E-state index in [4.69, 9.17) is 9.47 Å². The van der Waals surface area contributed by atoms with Crippen LogP contribution in [0, 0.1) is 0 Å². The summed E-state index contributed by atoms with van der Waals surface area (Å²) >= 11 is 0. The van der Waals surface area contributed by atoms with Gasteiger partial charge in [-0.25, -0.2) is 0 Å². The minimum absolute atomic E-state index is 0.355. The molecule has 0 spiro atoms. The fraction of sp³-hybridized carbons (Fsp3) is 1.00. The topological polar surface area (TPSA) is 123 Å². The molecular weight excluding hydrogens is 306 g/mol. The maximum Gasteiger partial charge on any atom is 0.186 e. The number of piperidine rings is 1. The lowest BCUT2D eigenvalue weighted by Gasteiger charge is -2.51. The highest BCUT2D eigenvalue weighted by Gasteiger charge is 2.50. The van der Waals surface area contributed by atoms with E-state index in [-0.39, 0.29) is 6.10 Å². The van der Waals surface area contributed by atoms with Gasteiger partial charge in [0, 0.05) is 11.1 Å². The van der Waals surface area contributed by atoms with E-state index in [1.54, 1.807) is 0 Å². The van der Waals surface area contributed by atoms with Crippen molar-refractivity contribution >= 4 is 0 Å². The lowest BCUT2D eigenvalue weighted by Crippen LogP contribution is -2.63. The zero-order chi connectivity index (χ0) is 17.6. The Bertz CT molecular complexity index is 397. The first kappa shape index (κ1) is 19.0. The summed E-state index contributed by atoms with van der Waals surface area (Å²) in [5, 5.41) is 52.3. The summed E-state index contributed by atoms with van der Waals surface area (Å²) in [6.45, 7) is 6.80. The van der Waals surface area contributed by atoms with Gasteiger partial charge in [-0.3, -0.25) is 0 Å². The molecule has 2 saturated heterocycles. The van der Waals surface area contributed by atoms with Crippen molar-refractivity contribution in [3.05, 3.63) is 0 Å². The molecule has 0 aromatic carbocycles. The van der Waals surface area contributed by atoms with Crippen molar-refractivity contribution in [2.45, 2.75) is 88.4 Å². The Hall–Kier alpha value is -0.320. The van der Waals surface area contributed by atoms with Crippen LogP contribution in [0.4, 0.5) is 0 Å². The van der Waals surface area contributed by atoms with Crippen LogP contribution in [0.3, 0.4) is 0 Å². The zero-order valence-corrected chi connectivity index (χ0v) is 14.0. The Balaban J connectivity index is 2.09. The highest BCUT2D eigenvalue weighted by Crippen LogP contribution is 2.39. The van der Waals surface area contributed by atoms with Gasteiger partial charge >= 0.3 is 0 Å². The molecule has 2 heterocycles. The van der Waals surface area contributed by atoms with Crippen LogP contribution in [0.5, 0.6) is 0 Å². The number of hydrogen-bond donors (Lipinski definition) is 4. The second kappa shape index (κ2) is 6.53. The van der Waals surface area contributed by atoms with Gasteiger partial charge in [0.2, 0.25) is 0 Å². The van der Waals surface area contributed by atoms with Crippen molar-refractivity contribution in [3.8, 4) is 0 Å². The van der Waals surface area contributed by atoms with Crippen LogP contribution in [0.25, 0.3) is 0 Å². The van der Waals surface area contributed by atoms with Crippen molar-refractivity contribution in [2.75, 3.05) is 6.61 Å². The first-order chi connectivity index (χ1) is 10.5. The minimum atomic E-state index is -1.47. The lowest BCUT2D eigenvalue weighted by atomic mass is 9.80. The van der Waals surface area contributed by atoms with E-state index >= 15 is 0 Å². The number of nitrogens with zero attached hydrogens (tertiary/aromatic N) is 1. The fourth-order valence-corrected chi connectivity index (χ4v) is 3.64. The number of ether oxygens (including phenoxy) is 2. The number of aliphatic hydroxyl groups excluding tert-OH is 4. The van der Waals surface area contributed by atoms with E-state index in [1.165, 1.54) is 0 Å². The van der Waals surface area contributed by atoms with Crippen molar-refractivity contribution < 1.29 is 35.1 Å². The Morgan fingerprint density at radius 2 is 1.57 bits per heavy atom. The van der Waals surface area contributed by atoms with Gasteiger partial charge in [-0.15, -0.1) is 10.3 Å². The molecule has 0 aromatic heterocycles. The molecule has 4 N–H and O–H groups in total. The predicted molar refractivity (Wildman–Crippen MR) is 78.6 cm³/mol. The Labute approximate surface area is 136 Å². The number of rotatable bonds is 3. The Morgan fingerprint density at radius 3 is 2.04 bits per heavy atom. The molecule has 2 rings (SSSR count). The average molecular weight is 334 g/mol. The van der Waals surface area contributed by atoms with E-state index < -0.39 is 48.4 Å². The van der Waals surface area contributed by atoms with Gasteiger partial charge in [-0.1, -0.05) is 0 Å². The normalized spacial score (nSPS) is 41.9. The van der Waals surface area contributed by atoms with Crippen molar-refractivity contribution in [1.29, 1.82) is 0 Å². The van der Waals surface area contributed by atoms with Gasteiger partial charge in [0.15, 0.2) is 6.29 Å². The van der Waals surface area contributed by atoms with E-state index in [0.717, 1.165) is 5.06 Å². The highest BCUT2D eigenvalue weighted by molar-refractivity contribution is 4.97. The fourth-order valence-electron chi connectivity index (χ4n) is 3.64. The minimum Gasteiger partial charge on any atom is -0.394 e. The molecule has 23 heavy (non-hydrogen) atoms. The van der Waals surface area contributed by atoms with Gasteiger partial charge in [0.25, 0.3) is 0 Å². The molecule has 0 amide bonds. The van der Waals surface area contributed by atoms with Crippen LogP contribution in [0.2, 0.25) is 0 Å². The Kier molecular flexibility index (Phi) is 5.40. The van der Waals surface area contributed by atoms with Crippen LogP contribution in [0.15, 0.2) is 0 Å². The predicted octanol–water partition coefficient (Wildman–Crippen LogP) is -0.830. The highest BCUT2D eigenvalue weighted by atomic mass is 16.7. The van der Waals surface area contributed by atoms with Gasteiger partial charge in [-0.2, -0.15) is 0 Å². The number of hydrogen-bond acceptors (Lipinski definition) is 7. The van der Waals surface area contributed by atoms with Crippen LogP contribution in [0.1, 0.15) is 40.5 Å². The molecule has 0 aromatic rings. The number of aliphatic hydroxyl groups is 4. The summed E-state index contributed by atoms with van der Waals surface area (Å²) in [6, 6.07) is 0. The third-order valence-electron chi connectivity index (χ3n) is 4.73. The molecule has 0 aliphatic carbocycles. The third-order valence-corrected chi connectivity index (χ3v) is 4.73. The quantitative estimate of drug-likeness (QED) is 0.531. The zero-order valence-electron chi connectivity index (χ0n) is 14.0. The van der Waals surface area contributed by atoms with Crippen LogP contribution < -0.4 is 0 Å². The molecule has 5 atom stereocenters. The van der Waals surface area contributed by atoms with E-state index in [0.29, 0.717) is 12.8 Å². The largest absolute Gasteiger partial charge is 0.394 e. The van der Waals surface area contributed by atoms with Gasteiger partial charge in [-0.05, 0) is 40.5 Å². The second-order valence-electron chi connectivity index (χ2n) is 7.78. The Morgan fingerprint density at radius 1 is 1.04 bits per heavy atom. The molecule has 1 radical (unpaired) electrons. The standard InChI is InChI=1S/C15H28NO7/c1-14(2)5-8(6-15(3,4)16(14)21)22-13-12(20)11(19)10(18)9(7-17)23-13/h8-13,17-20H,5-7H2,1-4H3/t9-,10+,11+,12-,13-/m1/s1. The van der Waals surface area contributed by atoms with E-state index in [9.17, 15) is 25.6 Å². The van der Waals surface area contributed by atoms with Crippen molar-refractivity contribution in [3.63, 3.8) is 0 Å². The molecule has 135 valence electrons. The lowest BCUT2D eigenvalue weighted by molar-refractivity contribution is -0.340. The van der Waals surface area contributed by atoms with Gasteiger partial charge < -0.3 is 29.9 Å². The molecule has 2 aliphatic rings. The molecule has 0 saturated carbocycles. The summed E-state index contributed by atoms with van der Waals surface area (Å²) in [5.41, 5.74) is -1.28. The van der Waals surface area contributed by atoms with E-state index in [1.807, 2.05) is 27.7 Å². The van der Waals surface area contributed by atoms with Crippen LogP contribution in [-0.2, 0) is 14.7 Å². The maximum absolute atomic E-state index is 12.3. The molecule has 8 heteroatoms. The van der Waals surface area contributed by atoms with Crippen molar-refractivity contribution in [2.24, 2.45) is 0 Å². The molecule has 0 unspecified atom stereocenters. The van der Waals surface area contributed by atoms with Crippen LogP contribution >= 0.6 is 0 Å². The van der Waals surface area contributed by atoms with Gasteiger partial charge in [0.1, 0.15) is 24.4 Å². The summed E-state index contributed by atoms with van der Waals surface area (Å²) in [4.78, 5) is 0. The van der Waals surface area contributed by atoms with Crippen molar-refractivity contribution in [1.82, 2.24) is 5.06 Å².